The summed E-state index contributed by atoms with van der Waals surface area (Å²) in [4.78, 5) is 80.2. The lowest BCUT2D eigenvalue weighted by Gasteiger charge is -2.26. The van der Waals surface area contributed by atoms with Gasteiger partial charge in [0.15, 0.2) is 35.8 Å². The van der Waals surface area contributed by atoms with Crippen molar-refractivity contribution in [1.29, 1.82) is 0 Å². The lowest BCUT2D eigenvalue weighted by atomic mass is 10.1. The smallest absolute Gasteiger partial charge is 0.451 e. The third-order valence-corrected chi connectivity index (χ3v) is 9.67. The molecule has 2 fully saturated rings. The second kappa shape index (κ2) is 15.7. The van der Waals surface area contributed by atoms with E-state index in [0.717, 1.165) is 17.2 Å². The summed E-state index contributed by atoms with van der Waals surface area (Å²) in [5.41, 5.74) is 9.45. The van der Waals surface area contributed by atoms with E-state index in [1.165, 1.54) is 28.8 Å². The topological polar surface area (TPSA) is 331 Å². The van der Waals surface area contributed by atoms with Crippen molar-refractivity contribution in [2.45, 2.75) is 49.1 Å². The van der Waals surface area contributed by atoms with E-state index in [-0.39, 0.29) is 34.2 Å². The minimum Gasteiger partial charge on any atom is -0.451 e. The Bertz CT molecular complexity index is 2400. The third kappa shape index (κ3) is 7.78. The van der Waals surface area contributed by atoms with Gasteiger partial charge >= 0.3 is 25.5 Å². The number of anilines is 2. The molecule has 0 bridgehead atoms. The van der Waals surface area contributed by atoms with Crippen molar-refractivity contribution in [2.24, 2.45) is 0 Å². The van der Waals surface area contributed by atoms with Crippen LogP contribution in [0.25, 0.3) is 11.2 Å². The van der Waals surface area contributed by atoms with E-state index in [4.69, 9.17) is 39.5 Å². The first-order chi connectivity index (χ1) is 26.8. The number of esters is 2. The summed E-state index contributed by atoms with van der Waals surface area (Å²) in [5, 5.41) is 21.6. The zero-order valence-electron chi connectivity index (χ0n) is 28.6. The van der Waals surface area contributed by atoms with E-state index in [1.54, 1.807) is 36.4 Å². The number of imidazole rings is 1. The van der Waals surface area contributed by atoms with Crippen LogP contribution in [-0.4, -0.2) is 111 Å². The van der Waals surface area contributed by atoms with Crippen LogP contribution in [0.3, 0.4) is 0 Å². The van der Waals surface area contributed by atoms with Gasteiger partial charge in [-0.15, -0.1) is 0 Å². The molecule has 0 saturated carbocycles. The maximum atomic E-state index is 13.6. The number of aromatic amines is 1. The highest BCUT2D eigenvalue weighted by Crippen LogP contribution is 2.50. The van der Waals surface area contributed by atoms with Gasteiger partial charge in [-0.25, -0.2) is 28.9 Å². The van der Waals surface area contributed by atoms with Crippen molar-refractivity contribution >= 4 is 42.8 Å². The Balaban J connectivity index is 1.14. The van der Waals surface area contributed by atoms with Crippen molar-refractivity contribution in [1.82, 2.24) is 34.1 Å². The van der Waals surface area contributed by atoms with Crippen LogP contribution in [0.4, 0.5) is 11.9 Å². The van der Waals surface area contributed by atoms with Crippen LogP contribution in [-0.2, 0) is 32.6 Å². The minimum atomic E-state index is -5.30. The van der Waals surface area contributed by atoms with E-state index in [0.29, 0.717) is 0 Å². The molecule has 24 heteroatoms. The van der Waals surface area contributed by atoms with Gasteiger partial charge in [0.05, 0.1) is 30.7 Å². The summed E-state index contributed by atoms with van der Waals surface area (Å²) in [6, 6.07) is 15.4. The number of benzene rings is 2. The molecule has 0 spiro atoms. The van der Waals surface area contributed by atoms with Gasteiger partial charge in [0.25, 0.3) is 5.56 Å². The molecule has 9 atom stereocenters. The molecule has 294 valence electrons. The highest BCUT2D eigenvalue weighted by molar-refractivity contribution is 7.47. The second-order valence-corrected chi connectivity index (χ2v) is 13.7. The molecular formula is C32H32N9O14P. The first kappa shape index (κ1) is 38.4. The molecule has 0 aliphatic carbocycles. The molecule has 3 aromatic heterocycles. The van der Waals surface area contributed by atoms with Crippen LogP contribution in [0.1, 0.15) is 33.2 Å². The minimum absolute atomic E-state index is 0.0743. The van der Waals surface area contributed by atoms with Crippen LogP contribution < -0.4 is 22.7 Å². The number of ether oxygens (including phenoxy) is 4. The lowest BCUT2D eigenvalue weighted by Crippen LogP contribution is -2.40. The summed E-state index contributed by atoms with van der Waals surface area (Å²) >= 11 is 0. The van der Waals surface area contributed by atoms with Gasteiger partial charge in [-0.2, -0.15) is 9.97 Å². The van der Waals surface area contributed by atoms with Gasteiger partial charge in [-0.3, -0.25) is 28.0 Å². The molecule has 7 rings (SSSR count). The summed E-state index contributed by atoms with van der Waals surface area (Å²) in [7, 11) is -5.30. The molecule has 23 nitrogen and oxygen atoms in total. The van der Waals surface area contributed by atoms with Crippen LogP contribution >= 0.6 is 7.82 Å². The van der Waals surface area contributed by atoms with Crippen LogP contribution in [0, 0.1) is 0 Å². The van der Waals surface area contributed by atoms with Gasteiger partial charge in [0, 0.05) is 0 Å². The highest BCUT2D eigenvalue weighted by Gasteiger charge is 2.53. The van der Waals surface area contributed by atoms with Gasteiger partial charge in [-0.05, 0) is 24.3 Å². The van der Waals surface area contributed by atoms with Crippen molar-refractivity contribution < 1.29 is 57.3 Å². The first-order valence-electron chi connectivity index (χ1n) is 16.5. The fourth-order valence-electron chi connectivity index (χ4n) is 6.08. The number of H-pyrrole nitrogens is 1. The number of hydrogen-bond donors (Lipinski definition) is 6. The van der Waals surface area contributed by atoms with E-state index >= 15 is 0 Å². The van der Waals surface area contributed by atoms with Crippen LogP contribution in [0.2, 0.25) is 0 Å². The summed E-state index contributed by atoms with van der Waals surface area (Å²) in [6.07, 6.45) is -10.7. The molecule has 8 N–H and O–H groups in total. The lowest BCUT2D eigenvalue weighted by molar-refractivity contribution is -0.0645. The molecule has 2 saturated heterocycles. The highest BCUT2D eigenvalue weighted by atomic mass is 31.2. The Hall–Kier alpha value is -5.91. The molecule has 2 aliphatic rings. The zero-order valence-corrected chi connectivity index (χ0v) is 29.5. The van der Waals surface area contributed by atoms with Crippen molar-refractivity contribution in [3.8, 4) is 0 Å². The Morgan fingerprint density at radius 1 is 0.839 bits per heavy atom. The number of aliphatic hydroxyl groups is 2. The summed E-state index contributed by atoms with van der Waals surface area (Å²) in [6.45, 7) is -1.76. The number of nitrogens with one attached hydrogen (secondary N) is 1. The molecular weight excluding hydrogens is 765 g/mol. The number of aromatic nitrogens is 7. The molecule has 5 aromatic rings. The fourth-order valence-corrected chi connectivity index (χ4v) is 7.04. The quantitative estimate of drug-likeness (QED) is 0.0654. The van der Waals surface area contributed by atoms with Crippen molar-refractivity contribution in [3.05, 3.63) is 105 Å². The average Bonchev–Trinajstić information content (AvgIpc) is 3.84. The number of phosphoric ester groups is 1. The Morgan fingerprint density at radius 3 is 2.05 bits per heavy atom. The Kier molecular flexibility index (Phi) is 10.7. The third-order valence-electron chi connectivity index (χ3n) is 8.68. The van der Waals surface area contributed by atoms with Crippen molar-refractivity contribution in [2.75, 3.05) is 24.7 Å². The zero-order chi connectivity index (χ0) is 39.7. The van der Waals surface area contributed by atoms with E-state index < -0.39 is 93.3 Å². The van der Waals surface area contributed by atoms with E-state index in [9.17, 15) is 38.8 Å². The average molecular weight is 798 g/mol. The number of nitrogens with zero attached hydrogens (tertiary/aromatic N) is 6. The standard InChI is InChI=1S/C32H32N9O14P/c33-30-36-14-41(32(47)39-30)26-22(53-28(45)15-7-3-1-4-8-15)20(43)18(52-26)12-50-56(48,49)55-21-17(11-42)51-27(23(21)54-29(46)16-9-5-2-6-10-16)40-13-35-19-24(40)37-31(34)38-25(19)44/h1-10,13-14,17-18,20-23,26-27,42-43H,11-12H2,(H,48,49)(H2,33,39,47)(H3,34,37,38,44)/t17-,18-,20-,21-,22-,23-,26-,27-/m1/s1. The number of hydrogen-bond acceptors (Lipinski definition) is 19. The Morgan fingerprint density at radius 2 is 1.43 bits per heavy atom. The molecule has 2 aromatic carbocycles. The number of phosphoric acid groups is 1. The summed E-state index contributed by atoms with van der Waals surface area (Å²) < 4.78 is 49.3. The van der Waals surface area contributed by atoms with Gasteiger partial charge in [0.1, 0.15) is 30.7 Å². The van der Waals surface area contributed by atoms with Gasteiger partial charge < -0.3 is 45.5 Å². The number of rotatable bonds is 12. The number of carbonyl (C=O) groups is 2. The number of nitrogen functional groups attached to an aromatic ring is 2. The fraction of sp³-hybridized carbons (Fsp3) is 0.312. The first-order valence-corrected chi connectivity index (χ1v) is 18.0. The van der Waals surface area contributed by atoms with Crippen LogP contribution in [0.5, 0.6) is 0 Å². The maximum absolute atomic E-state index is 13.6. The number of aliphatic hydroxyl groups excluding tert-OH is 2. The van der Waals surface area contributed by atoms with Gasteiger partial charge in [0.2, 0.25) is 11.9 Å². The monoisotopic (exact) mass is 797 g/mol. The predicted molar refractivity (Wildman–Crippen MR) is 186 cm³/mol. The SMILES string of the molecule is Nc1ncn([C@@H]2O[C@H](COP(=O)(O)O[C@H]3[C@@H](OC(=O)c4ccccc4)[C@H](n4cnc5c(=O)[nH]c(N)nc54)O[C@@H]3CO)[C@@H](O)[C@H]2OC(=O)c2ccccc2)c(=O)n1. The molecule has 0 amide bonds. The van der Waals surface area contributed by atoms with E-state index in [2.05, 4.69) is 24.9 Å². The Labute approximate surface area is 313 Å². The molecule has 1 unspecified atom stereocenters. The second-order valence-electron chi connectivity index (χ2n) is 12.3. The number of carbonyl (C=O) groups excluding carboxylic acids is 2. The van der Waals surface area contributed by atoms with Crippen molar-refractivity contribution in [3.63, 3.8) is 0 Å². The number of nitrogens with two attached hydrogens (primary N) is 2. The predicted octanol–water partition coefficient (Wildman–Crippen LogP) is -0.963. The number of fused-ring (bicyclic) bond motifs is 1. The molecule has 5 heterocycles. The van der Waals surface area contributed by atoms with E-state index in [1.807, 2.05) is 0 Å². The van der Waals surface area contributed by atoms with Crippen LogP contribution in [0.15, 0.2) is 82.9 Å². The maximum Gasteiger partial charge on any atom is 0.472 e. The molecule has 56 heavy (non-hydrogen) atoms. The summed E-state index contributed by atoms with van der Waals surface area (Å²) in [5.74, 6) is -2.49. The largest absolute Gasteiger partial charge is 0.472 e. The normalized spacial score (nSPS) is 25.8. The molecule has 0 radical (unpaired) electrons. The van der Waals surface area contributed by atoms with Gasteiger partial charge in [-0.1, -0.05) is 36.4 Å². The molecule has 2 aliphatic heterocycles.